The molecule has 0 saturated heterocycles. The van der Waals surface area contributed by atoms with E-state index in [1.54, 1.807) is 37.3 Å². The van der Waals surface area contributed by atoms with Crippen molar-refractivity contribution >= 4 is 23.5 Å². The summed E-state index contributed by atoms with van der Waals surface area (Å²) in [5, 5.41) is 5.53. The number of esters is 1. The van der Waals surface area contributed by atoms with Crippen LogP contribution in [0.15, 0.2) is 42.6 Å². The molecular formula is C21H25N3O4. The van der Waals surface area contributed by atoms with Gasteiger partial charge in [-0.3, -0.25) is 14.6 Å². The number of carbonyl (C=O) groups excluding carboxylic acids is 3. The van der Waals surface area contributed by atoms with E-state index in [0.29, 0.717) is 35.9 Å². The Labute approximate surface area is 164 Å². The highest BCUT2D eigenvalue weighted by Gasteiger charge is 2.13. The fourth-order valence-corrected chi connectivity index (χ4v) is 2.37. The molecule has 1 aromatic heterocycles. The number of anilines is 1. The minimum atomic E-state index is -0.444. The van der Waals surface area contributed by atoms with Crippen molar-refractivity contribution in [2.75, 3.05) is 18.5 Å². The van der Waals surface area contributed by atoms with Crippen molar-refractivity contribution in [1.82, 2.24) is 10.3 Å². The number of hydrogen-bond acceptors (Lipinski definition) is 5. The number of hydrogen-bond donors (Lipinski definition) is 2. The maximum Gasteiger partial charge on any atom is 0.338 e. The van der Waals surface area contributed by atoms with E-state index in [1.807, 2.05) is 0 Å². The Bertz CT molecular complexity index is 832. The van der Waals surface area contributed by atoms with Gasteiger partial charge in [0.1, 0.15) is 5.69 Å². The Morgan fingerprint density at radius 1 is 1.04 bits per heavy atom. The van der Waals surface area contributed by atoms with Crippen LogP contribution in [0.5, 0.6) is 0 Å². The SMILES string of the molecule is CCOC(=O)c1ccc(NC(=O)c2cc(C(=O)NCCC(C)C)ccn2)cc1. The maximum absolute atomic E-state index is 12.4. The predicted octanol–water partition coefficient (Wildman–Crippen LogP) is 3.29. The number of aromatic nitrogens is 1. The molecule has 0 aliphatic rings. The fourth-order valence-electron chi connectivity index (χ4n) is 2.37. The minimum Gasteiger partial charge on any atom is -0.462 e. The van der Waals surface area contributed by atoms with Gasteiger partial charge in [0.2, 0.25) is 0 Å². The number of carbonyl (C=O) groups is 3. The summed E-state index contributed by atoms with van der Waals surface area (Å²) in [6.07, 6.45) is 2.31. The summed E-state index contributed by atoms with van der Waals surface area (Å²) in [6, 6.07) is 9.36. The lowest BCUT2D eigenvalue weighted by Crippen LogP contribution is -2.26. The largest absolute Gasteiger partial charge is 0.462 e. The highest BCUT2D eigenvalue weighted by Crippen LogP contribution is 2.12. The quantitative estimate of drug-likeness (QED) is 0.682. The van der Waals surface area contributed by atoms with Gasteiger partial charge in [-0.15, -0.1) is 0 Å². The lowest BCUT2D eigenvalue weighted by Gasteiger charge is -2.09. The zero-order valence-corrected chi connectivity index (χ0v) is 16.3. The molecule has 2 rings (SSSR count). The van der Waals surface area contributed by atoms with Gasteiger partial charge in [0, 0.05) is 24.0 Å². The van der Waals surface area contributed by atoms with Crippen LogP contribution >= 0.6 is 0 Å². The number of amides is 2. The summed E-state index contributed by atoms with van der Waals surface area (Å²) in [7, 11) is 0. The molecule has 2 aromatic rings. The second-order valence-electron chi connectivity index (χ2n) is 6.62. The van der Waals surface area contributed by atoms with Gasteiger partial charge in [-0.05, 0) is 55.7 Å². The molecule has 0 atom stereocenters. The molecule has 7 heteroatoms. The van der Waals surface area contributed by atoms with Gasteiger partial charge in [-0.2, -0.15) is 0 Å². The molecule has 0 aliphatic heterocycles. The molecule has 0 bridgehead atoms. The molecule has 28 heavy (non-hydrogen) atoms. The first-order valence-electron chi connectivity index (χ1n) is 9.23. The lowest BCUT2D eigenvalue weighted by atomic mass is 10.1. The third-order valence-electron chi connectivity index (χ3n) is 3.92. The van der Waals surface area contributed by atoms with Gasteiger partial charge < -0.3 is 15.4 Å². The highest BCUT2D eigenvalue weighted by molar-refractivity contribution is 6.05. The van der Waals surface area contributed by atoms with E-state index in [-0.39, 0.29) is 11.6 Å². The molecular weight excluding hydrogens is 358 g/mol. The summed E-state index contributed by atoms with van der Waals surface area (Å²) in [5.41, 5.74) is 1.41. The van der Waals surface area contributed by atoms with E-state index in [1.165, 1.54) is 12.3 Å². The van der Waals surface area contributed by atoms with Gasteiger partial charge in [-0.1, -0.05) is 13.8 Å². The van der Waals surface area contributed by atoms with E-state index in [0.717, 1.165) is 6.42 Å². The van der Waals surface area contributed by atoms with Gasteiger partial charge >= 0.3 is 5.97 Å². The summed E-state index contributed by atoms with van der Waals surface area (Å²) < 4.78 is 4.92. The van der Waals surface area contributed by atoms with Crippen molar-refractivity contribution in [3.05, 3.63) is 59.4 Å². The normalized spacial score (nSPS) is 10.4. The monoisotopic (exact) mass is 383 g/mol. The number of ether oxygens (including phenoxy) is 1. The van der Waals surface area contributed by atoms with Crippen LogP contribution in [0.3, 0.4) is 0 Å². The van der Waals surface area contributed by atoms with E-state index < -0.39 is 11.9 Å². The van der Waals surface area contributed by atoms with Gasteiger partial charge in [0.25, 0.3) is 11.8 Å². The Morgan fingerprint density at radius 3 is 2.39 bits per heavy atom. The van der Waals surface area contributed by atoms with Crippen LogP contribution in [-0.2, 0) is 4.74 Å². The van der Waals surface area contributed by atoms with E-state index in [9.17, 15) is 14.4 Å². The van der Waals surface area contributed by atoms with E-state index >= 15 is 0 Å². The summed E-state index contributed by atoms with van der Waals surface area (Å²) in [5.74, 6) is -0.607. The van der Waals surface area contributed by atoms with Crippen molar-refractivity contribution < 1.29 is 19.1 Å². The second kappa shape index (κ2) is 10.2. The van der Waals surface area contributed by atoms with E-state index in [2.05, 4.69) is 29.5 Å². The molecule has 2 N–H and O–H groups in total. The molecule has 0 radical (unpaired) electrons. The van der Waals surface area contributed by atoms with Crippen molar-refractivity contribution in [1.29, 1.82) is 0 Å². The third-order valence-corrected chi connectivity index (χ3v) is 3.92. The van der Waals surface area contributed by atoms with Gasteiger partial charge in [0.15, 0.2) is 0 Å². The Morgan fingerprint density at radius 2 is 1.75 bits per heavy atom. The smallest absolute Gasteiger partial charge is 0.338 e. The number of nitrogens with one attached hydrogen (secondary N) is 2. The zero-order chi connectivity index (χ0) is 20.5. The van der Waals surface area contributed by atoms with Crippen molar-refractivity contribution in [3.63, 3.8) is 0 Å². The van der Waals surface area contributed by atoms with Gasteiger partial charge in [-0.25, -0.2) is 4.79 Å². The Kier molecular flexibility index (Phi) is 7.68. The topological polar surface area (TPSA) is 97.4 Å². The number of rotatable bonds is 8. The Hall–Kier alpha value is -3.22. The third kappa shape index (κ3) is 6.19. The average Bonchev–Trinajstić information content (AvgIpc) is 2.68. The molecule has 7 nitrogen and oxygen atoms in total. The van der Waals surface area contributed by atoms with Crippen LogP contribution in [0, 0.1) is 5.92 Å². The number of benzene rings is 1. The molecule has 2 amide bonds. The first kappa shape index (κ1) is 21.1. The molecule has 1 aromatic carbocycles. The summed E-state index contributed by atoms with van der Waals surface area (Å²) in [6.45, 7) is 6.77. The number of nitrogens with zero attached hydrogens (tertiary/aromatic N) is 1. The van der Waals surface area contributed by atoms with E-state index in [4.69, 9.17) is 4.74 Å². The van der Waals surface area contributed by atoms with Crippen LogP contribution in [0.25, 0.3) is 0 Å². The molecule has 0 saturated carbocycles. The molecule has 0 unspecified atom stereocenters. The standard InChI is InChI=1S/C21H25N3O4/c1-4-28-21(27)15-5-7-17(8-6-15)24-20(26)18-13-16(10-12-22-18)19(25)23-11-9-14(2)3/h5-8,10,12-14H,4,9,11H2,1-3H3,(H,23,25)(H,24,26). The number of pyridine rings is 1. The van der Waals surface area contributed by atoms with Crippen LogP contribution in [0.2, 0.25) is 0 Å². The van der Waals surface area contributed by atoms with Crippen molar-refractivity contribution in [3.8, 4) is 0 Å². The zero-order valence-electron chi connectivity index (χ0n) is 16.3. The first-order chi connectivity index (χ1) is 13.4. The molecule has 1 heterocycles. The predicted molar refractivity (Wildman–Crippen MR) is 106 cm³/mol. The fraction of sp³-hybridized carbons (Fsp3) is 0.333. The molecule has 148 valence electrons. The summed E-state index contributed by atoms with van der Waals surface area (Å²) in [4.78, 5) is 40.3. The Balaban J connectivity index is 2.00. The molecule has 0 aliphatic carbocycles. The van der Waals surface area contributed by atoms with Crippen LogP contribution in [-0.4, -0.2) is 35.9 Å². The molecule has 0 spiro atoms. The van der Waals surface area contributed by atoms with Crippen molar-refractivity contribution in [2.45, 2.75) is 27.2 Å². The van der Waals surface area contributed by atoms with Crippen LogP contribution in [0.1, 0.15) is 58.4 Å². The van der Waals surface area contributed by atoms with Gasteiger partial charge in [0.05, 0.1) is 12.2 Å². The maximum atomic E-state index is 12.4. The van der Waals surface area contributed by atoms with Crippen LogP contribution < -0.4 is 10.6 Å². The summed E-state index contributed by atoms with van der Waals surface area (Å²) >= 11 is 0. The minimum absolute atomic E-state index is 0.131. The molecule has 0 fully saturated rings. The lowest BCUT2D eigenvalue weighted by molar-refractivity contribution is 0.0526. The highest BCUT2D eigenvalue weighted by atomic mass is 16.5. The average molecular weight is 383 g/mol. The first-order valence-corrected chi connectivity index (χ1v) is 9.23. The van der Waals surface area contributed by atoms with Crippen molar-refractivity contribution in [2.24, 2.45) is 5.92 Å². The second-order valence-corrected chi connectivity index (χ2v) is 6.62. The van der Waals surface area contributed by atoms with Crippen LogP contribution in [0.4, 0.5) is 5.69 Å².